The van der Waals surface area contributed by atoms with Gasteiger partial charge in [-0.1, -0.05) is 0 Å². The summed E-state index contributed by atoms with van der Waals surface area (Å²) >= 11 is 0. The summed E-state index contributed by atoms with van der Waals surface area (Å²) in [5.41, 5.74) is 2.55. The molecule has 0 radical (unpaired) electrons. The molecular formula is C19H32N4O5S. The number of urea groups is 1. The second-order valence-corrected chi connectivity index (χ2v) is 11.3. The van der Waals surface area contributed by atoms with Gasteiger partial charge in [-0.05, 0) is 59.3 Å². The summed E-state index contributed by atoms with van der Waals surface area (Å²) in [6.45, 7) is 6.49. The molecule has 4 rings (SSSR count). The fourth-order valence-corrected chi connectivity index (χ4v) is 6.86. The third-order valence-corrected chi connectivity index (χ3v) is 8.92. The molecule has 0 aromatic heterocycles. The molecule has 0 bridgehead atoms. The molecule has 4 aliphatic rings. The lowest BCUT2D eigenvalue weighted by atomic mass is 9.80. The van der Waals surface area contributed by atoms with E-state index in [9.17, 15) is 18.0 Å². The molecule has 0 spiro atoms. The van der Waals surface area contributed by atoms with E-state index in [-0.39, 0.29) is 48.6 Å². The summed E-state index contributed by atoms with van der Waals surface area (Å²) in [5, 5.41) is -0.594. The number of hydrogen-bond acceptors (Lipinski definition) is 6. The molecule has 2 heterocycles. The summed E-state index contributed by atoms with van der Waals surface area (Å²) in [4.78, 5) is 34.7. The third kappa shape index (κ3) is 4.04. The third-order valence-electron chi connectivity index (χ3n) is 6.83. The molecule has 2 saturated heterocycles. The second-order valence-electron chi connectivity index (χ2n) is 9.33. The minimum absolute atomic E-state index is 0.170. The highest BCUT2D eigenvalue weighted by Gasteiger charge is 2.52. The van der Waals surface area contributed by atoms with E-state index in [2.05, 4.69) is 10.2 Å². The lowest BCUT2D eigenvalue weighted by molar-refractivity contribution is -0.142. The zero-order valence-electron chi connectivity index (χ0n) is 17.4. The van der Waals surface area contributed by atoms with Crippen molar-refractivity contribution in [2.24, 2.45) is 5.92 Å². The van der Waals surface area contributed by atoms with Crippen LogP contribution in [-0.2, 0) is 19.7 Å². The Labute approximate surface area is 172 Å². The minimum Gasteiger partial charge on any atom is -0.321 e. The van der Waals surface area contributed by atoms with Gasteiger partial charge in [-0.15, -0.1) is 0 Å². The maximum absolute atomic E-state index is 13.3. The van der Waals surface area contributed by atoms with E-state index < -0.39 is 21.2 Å². The normalized spacial score (nSPS) is 37.0. The first-order valence-electron chi connectivity index (χ1n) is 10.7. The number of nitrogens with one attached hydrogen (secondary N) is 2. The topological polar surface area (TPSA) is 108 Å². The highest BCUT2D eigenvalue weighted by molar-refractivity contribution is 7.90. The molecule has 164 valence electrons. The van der Waals surface area contributed by atoms with Crippen molar-refractivity contribution >= 4 is 22.0 Å². The number of imide groups is 1. The van der Waals surface area contributed by atoms with Crippen LogP contribution in [0.15, 0.2) is 0 Å². The Morgan fingerprint density at radius 3 is 2.55 bits per heavy atom. The first-order valence-corrected chi connectivity index (χ1v) is 12.2. The van der Waals surface area contributed by atoms with Crippen molar-refractivity contribution in [2.45, 2.75) is 88.3 Å². The van der Waals surface area contributed by atoms with Crippen LogP contribution < -0.4 is 10.2 Å². The summed E-state index contributed by atoms with van der Waals surface area (Å²) in [6, 6.07) is -0.336. The lowest BCUT2D eigenvalue weighted by Gasteiger charge is -2.48. The Bertz CT molecular complexity index is 783. The van der Waals surface area contributed by atoms with Crippen LogP contribution in [0.25, 0.3) is 0 Å². The predicted molar refractivity (Wildman–Crippen MR) is 106 cm³/mol. The van der Waals surface area contributed by atoms with E-state index in [1.165, 1.54) is 4.90 Å². The van der Waals surface area contributed by atoms with Crippen molar-refractivity contribution in [2.75, 3.05) is 13.1 Å². The van der Waals surface area contributed by atoms with Gasteiger partial charge in [0.2, 0.25) is 15.9 Å². The highest BCUT2D eigenvalue weighted by Crippen LogP contribution is 2.40. The van der Waals surface area contributed by atoms with E-state index in [0.717, 1.165) is 19.3 Å². The zero-order valence-corrected chi connectivity index (χ0v) is 18.2. The Morgan fingerprint density at radius 1 is 1.24 bits per heavy atom. The molecule has 2 aliphatic carbocycles. The monoisotopic (exact) mass is 428 g/mol. The molecule has 2 N–H and O–H groups in total. The van der Waals surface area contributed by atoms with Crippen molar-refractivity contribution in [3.63, 3.8) is 0 Å². The summed E-state index contributed by atoms with van der Waals surface area (Å²) < 4.78 is 28.6. The smallest absolute Gasteiger partial charge is 0.321 e. The van der Waals surface area contributed by atoms with Crippen LogP contribution in [0.3, 0.4) is 0 Å². The first-order chi connectivity index (χ1) is 13.6. The molecule has 2 aliphatic heterocycles. The van der Waals surface area contributed by atoms with Crippen molar-refractivity contribution in [3.8, 4) is 0 Å². The molecule has 0 aromatic carbocycles. The Balaban J connectivity index is 1.51. The number of carbonyl (C=O) groups is 2. The molecule has 2 saturated carbocycles. The fourth-order valence-electron chi connectivity index (χ4n) is 4.90. The van der Waals surface area contributed by atoms with E-state index in [1.54, 1.807) is 4.90 Å². The van der Waals surface area contributed by atoms with Crippen LogP contribution in [-0.4, -0.2) is 72.2 Å². The minimum atomic E-state index is -3.50. The van der Waals surface area contributed by atoms with Crippen LogP contribution in [0.5, 0.6) is 0 Å². The predicted octanol–water partition coefficient (Wildman–Crippen LogP) is 0.962. The van der Waals surface area contributed by atoms with Crippen molar-refractivity contribution in [1.29, 1.82) is 0 Å². The summed E-state index contributed by atoms with van der Waals surface area (Å²) in [7, 11) is -3.50. The van der Waals surface area contributed by atoms with Crippen LogP contribution >= 0.6 is 0 Å². The van der Waals surface area contributed by atoms with E-state index in [4.69, 9.17) is 4.84 Å². The molecule has 3 amide bonds. The van der Waals surface area contributed by atoms with Gasteiger partial charge in [-0.2, -0.15) is 5.48 Å². The average Bonchev–Trinajstić information content (AvgIpc) is 3.23. The van der Waals surface area contributed by atoms with E-state index >= 15 is 0 Å². The first kappa shape index (κ1) is 21.0. The van der Waals surface area contributed by atoms with Gasteiger partial charge in [-0.3, -0.25) is 14.5 Å². The van der Waals surface area contributed by atoms with Crippen molar-refractivity contribution in [1.82, 2.24) is 20.0 Å². The molecule has 29 heavy (non-hydrogen) atoms. The fraction of sp³-hybridized carbons (Fsp3) is 0.895. The molecule has 5 atom stereocenters. The summed E-state index contributed by atoms with van der Waals surface area (Å²) in [5.74, 6) is -0.743. The van der Waals surface area contributed by atoms with Gasteiger partial charge >= 0.3 is 6.03 Å². The molecule has 5 unspecified atom stereocenters. The standard InChI is InChI=1S/C19H32N4O5S/c1-4-22-16-6-5-14(29(26,27)21-19(3)7-8-19)10-15(16)17(24)23(18(22)25)11-13-9-12(2)20-28-13/h12-16,20-21H,4-11H2,1-3H3. The van der Waals surface area contributed by atoms with Gasteiger partial charge in [0.15, 0.2) is 0 Å². The van der Waals surface area contributed by atoms with Crippen molar-refractivity contribution in [3.05, 3.63) is 0 Å². The zero-order chi connectivity index (χ0) is 21.0. The van der Waals surface area contributed by atoms with Gasteiger partial charge < -0.3 is 4.90 Å². The van der Waals surface area contributed by atoms with Gasteiger partial charge in [0.05, 0.1) is 23.8 Å². The number of fused-ring (bicyclic) bond motifs is 1. The van der Waals surface area contributed by atoms with E-state index in [0.29, 0.717) is 19.4 Å². The maximum atomic E-state index is 13.3. The number of hydroxylamine groups is 1. The number of sulfonamides is 1. The molecule has 0 aromatic rings. The van der Waals surface area contributed by atoms with Crippen molar-refractivity contribution < 1.29 is 22.8 Å². The lowest BCUT2D eigenvalue weighted by Crippen LogP contribution is -2.64. The second kappa shape index (κ2) is 7.47. The number of nitrogens with zero attached hydrogens (tertiary/aromatic N) is 2. The number of carbonyl (C=O) groups excluding carboxylic acids is 2. The van der Waals surface area contributed by atoms with Gasteiger partial charge in [0.25, 0.3) is 0 Å². The molecule has 10 heteroatoms. The van der Waals surface area contributed by atoms with Crippen LogP contribution in [0.1, 0.15) is 59.3 Å². The number of hydrogen-bond donors (Lipinski definition) is 2. The van der Waals surface area contributed by atoms with E-state index in [1.807, 2.05) is 20.8 Å². The maximum Gasteiger partial charge on any atom is 0.327 e. The van der Waals surface area contributed by atoms with Gasteiger partial charge in [0.1, 0.15) is 0 Å². The molecular weight excluding hydrogens is 396 g/mol. The SMILES string of the molecule is CCN1C(=O)N(CC2CC(C)NO2)C(=O)C2CC(S(=O)(=O)NC3(C)CC3)CCC21. The largest absolute Gasteiger partial charge is 0.327 e. The highest BCUT2D eigenvalue weighted by atomic mass is 32.2. The Kier molecular flexibility index (Phi) is 5.42. The quantitative estimate of drug-likeness (QED) is 0.652. The van der Waals surface area contributed by atoms with Crippen LogP contribution in [0.2, 0.25) is 0 Å². The summed E-state index contributed by atoms with van der Waals surface area (Å²) in [6.07, 6.45) is 3.44. The van der Waals surface area contributed by atoms with Gasteiger partial charge in [0, 0.05) is 24.2 Å². The van der Waals surface area contributed by atoms with Gasteiger partial charge in [-0.25, -0.2) is 17.9 Å². The molecule has 9 nitrogen and oxygen atoms in total. The van der Waals surface area contributed by atoms with Crippen LogP contribution in [0.4, 0.5) is 4.79 Å². The number of amides is 3. The number of rotatable bonds is 6. The Hall–Kier alpha value is -1.23. The van der Waals surface area contributed by atoms with Crippen LogP contribution in [0, 0.1) is 5.92 Å². The Morgan fingerprint density at radius 2 is 1.97 bits per heavy atom. The average molecular weight is 429 g/mol. The molecule has 4 fully saturated rings.